The number of sulfonamides is 1. The summed E-state index contributed by atoms with van der Waals surface area (Å²) in [7, 11) is -2.29. The van der Waals surface area contributed by atoms with E-state index in [0.29, 0.717) is 32.3 Å². The molecule has 142 valence electrons. The van der Waals surface area contributed by atoms with E-state index in [4.69, 9.17) is 26.8 Å². The highest BCUT2D eigenvalue weighted by atomic mass is 35.5. The molecule has 1 heterocycles. The van der Waals surface area contributed by atoms with Gasteiger partial charge in [0, 0.05) is 0 Å². The van der Waals surface area contributed by atoms with E-state index >= 15 is 0 Å². The highest BCUT2D eigenvalue weighted by Gasteiger charge is 2.15. The first-order valence-corrected chi connectivity index (χ1v) is 10.2. The molecule has 0 fully saturated rings. The maximum Gasteiger partial charge on any atom is 0.261 e. The Bertz CT molecular complexity index is 1040. The van der Waals surface area contributed by atoms with Crippen molar-refractivity contribution in [3.05, 3.63) is 52.5 Å². The number of ether oxygens (including phenoxy) is 2. The lowest BCUT2D eigenvalue weighted by atomic mass is 10.3. The van der Waals surface area contributed by atoms with Crippen LogP contribution < -0.4 is 19.9 Å². The van der Waals surface area contributed by atoms with Crippen molar-refractivity contribution in [1.82, 2.24) is 10.2 Å². The number of aromatic nitrogens is 2. The van der Waals surface area contributed by atoms with Crippen LogP contribution in [0.1, 0.15) is 5.01 Å². The van der Waals surface area contributed by atoms with Crippen LogP contribution in [0.4, 0.5) is 10.8 Å². The predicted octanol–water partition coefficient (Wildman–Crippen LogP) is 3.16. The summed E-state index contributed by atoms with van der Waals surface area (Å²) in [5.41, 5.74) is 5.83. The van der Waals surface area contributed by atoms with Crippen LogP contribution in [0.3, 0.4) is 0 Å². The van der Waals surface area contributed by atoms with Crippen LogP contribution in [0.25, 0.3) is 0 Å². The quantitative estimate of drug-likeness (QED) is 0.595. The number of methoxy groups -OCH3 is 1. The fourth-order valence-electron chi connectivity index (χ4n) is 2.13. The molecule has 3 aromatic rings. The molecule has 0 aliphatic rings. The van der Waals surface area contributed by atoms with Gasteiger partial charge in [0.2, 0.25) is 5.13 Å². The van der Waals surface area contributed by atoms with Gasteiger partial charge in [-0.1, -0.05) is 22.9 Å². The Balaban J connectivity index is 1.68. The van der Waals surface area contributed by atoms with Gasteiger partial charge in [-0.15, -0.1) is 10.2 Å². The minimum absolute atomic E-state index is 0.0851. The molecule has 0 radical (unpaired) electrons. The zero-order valence-electron chi connectivity index (χ0n) is 14.0. The number of nitrogens with two attached hydrogens (primary N) is 1. The maximum absolute atomic E-state index is 12.5. The molecule has 3 rings (SSSR count). The summed E-state index contributed by atoms with van der Waals surface area (Å²) >= 11 is 7.24. The number of hydrogen-bond acceptors (Lipinski definition) is 8. The van der Waals surface area contributed by atoms with Crippen molar-refractivity contribution in [3.63, 3.8) is 0 Å². The summed E-state index contributed by atoms with van der Waals surface area (Å²) in [5.74, 6) is 0.952. The van der Waals surface area contributed by atoms with Crippen LogP contribution in [0.5, 0.6) is 11.5 Å². The van der Waals surface area contributed by atoms with Crippen molar-refractivity contribution >= 4 is 43.8 Å². The summed E-state index contributed by atoms with van der Waals surface area (Å²) in [5, 5.41) is 8.83. The van der Waals surface area contributed by atoms with Crippen LogP contribution in [0.15, 0.2) is 47.4 Å². The van der Waals surface area contributed by atoms with E-state index < -0.39 is 10.0 Å². The first-order chi connectivity index (χ1) is 12.9. The minimum Gasteiger partial charge on any atom is -0.495 e. The van der Waals surface area contributed by atoms with Crippen LogP contribution in [-0.4, -0.2) is 25.7 Å². The van der Waals surface area contributed by atoms with Gasteiger partial charge in [-0.25, -0.2) is 8.42 Å². The van der Waals surface area contributed by atoms with Gasteiger partial charge >= 0.3 is 0 Å². The maximum atomic E-state index is 12.5. The lowest BCUT2D eigenvalue weighted by Gasteiger charge is -2.10. The van der Waals surface area contributed by atoms with Crippen LogP contribution in [0.2, 0.25) is 5.02 Å². The molecule has 0 spiro atoms. The monoisotopic (exact) mass is 426 g/mol. The summed E-state index contributed by atoms with van der Waals surface area (Å²) in [6.45, 7) is 0.198. The van der Waals surface area contributed by atoms with Gasteiger partial charge in [0.15, 0.2) is 5.01 Å². The van der Waals surface area contributed by atoms with E-state index in [9.17, 15) is 8.42 Å². The molecule has 0 saturated heterocycles. The molecule has 27 heavy (non-hydrogen) atoms. The van der Waals surface area contributed by atoms with Gasteiger partial charge < -0.3 is 15.2 Å². The Morgan fingerprint density at radius 2 is 1.93 bits per heavy atom. The molecular weight excluding hydrogens is 412 g/mol. The molecule has 1 aromatic heterocycles. The van der Waals surface area contributed by atoms with Crippen LogP contribution in [0, 0.1) is 0 Å². The fraction of sp³-hybridized carbons (Fsp3) is 0.125. The van der Waals surface area contributed by atoms with Gasteiger partial charge in [-0.05, 0) is 42.5 Å². The van der Waals surface area contributed by atoms with Crippen molar-refractivity contribution in [2.24, 2.45) is 0 Å². The molecule has 0 bridgehead atoms. The third-order valence-electron chi connectivity index (χ3n) is 3.38. The number of nitrogen functional groups attached to an aromatic ring is 1. The number of benzene rings is 2. The molecule has 11 heteroatoms. The Morgan fingerprint density at radius 3 is 2.52 bits per heavy atom. The zero-order chi connectivity index (χ0) is 19.4. The first kappa shape index (κ1) is 19.2. The third-order valence-corrected chi connectivity index (χ3v) is 5.80. The summed E-state index contributed by atoms with van der Waals surface area (Å²) in [4.78, 5) is 0.0851. The molecule has 0 amide bonds. The number of nitrogens with one attached hydrogen (secondary N) is 1. The van der Waals surface area contributed by atoms with Crippen molar-refractivity contribution in [2.75, 3.05) is 17.6 Å². The van der Waals surface area contributed by atoms with E-state index in [-0.39, 0.29) is 11.5 Å². The molecule has 3 N–H and O–H groups in total. The molecule has 2 aromatic carbocycles. The van der Waals surface area contributed by atoms with E-state index in [1.54, 1.807) is 24.3 Å². The number of anilines is 2. The van der Waals surface area contributed by atoms with Crippen molar-refractivity contribution in [2.45, 2.75) is 11.5 Å². The normalized spacial score (nSPS) is 11.2. The topological polar surface area (TPSA) is 116 Å². The van der Waals surface area contributed by atoms with Crippen molar-refractivity contribution in [3.8, 4) is 11.5 Å². The average molecular weight is 427 g/mol. The second-order valence-electron chi connectivity index (χ2n) is 5.25. The average Bonchev–Trinajstić information content (AvgIpc) is 3.05. The van der Waals surface area contributed by atoms with Crippen LogP contribution >= 0.6 is 22.9 Å². The second kappa shape index (κ2) is 7.99. The number of rotatable bonds is 7. The summed E-state index contributed by atoms with van der Waals surface area (Å²) in [6.07, 6.45) is 0. The predicted molar refractivity (Wildman–Crippen MR) is 104 cm³/mol. The Kier molecular flexibility index (Phi) is 5.68. The van der Waals surface area contributed by atoms with Gasteiger partial charge in [0.05, 0.1) is 22.7 Å². The standard InChI is InChI=1S/C16H15ClN4O4S2/c1-24-14-7-2-10(8-13(14)17)21-27(22,23)12-5-3-11(4-6-12)25-9-15-19-20-16(18)26-15/h2-8,21H,9H2,1H3,(H2,18,20). The number of nitrogens with zero attached hydrogens (tertiary/aromatic N) is 2. The van der Waals surface area contributed by atoms with E-state index in [2.05, 4.69) is 14.9 Å². The molecule has 8 nitrogen and oxygen atoms in total. The van der Waals surface area contributed by atoms with Crippen LogP contribution in [-0.2, 0) is 16.6 Å². The summed E-state index contributed by atoms with van der Waals surface area (Å²) < 4.78 is 38.1. The lowest BCUT2D eigenvalue weighted by Crippen LogP contribution is -2.12. The highest BCUT2D eigenvalue weighted by molar-refractivity contribution is 7.92. The largest absolute Gasteiger partial charge is 0.495 e. The van der Waals surface area contributed by atoms with Crippen molar-refractivity contribution < 1.29 is 17.9 Å². The van der Waals surface area contributed by atoms with Gasteiger partial charge in [-0.3, -0.25) is 4.72 Å². The third kappa shape index (κ3) is 4.79. The Labute approximate surface area is 165 Å². The van der Waals surface area contributed by atoms with Gasteiger partial charge in [-0.2, -0.15) is 0 Å². The molecular formula is C16H15ClN4O4S2. The van der Waals surface area contributed by atoms with Gasteiger partial charge in [0.1, 0.15) is 18.1 Å². The molecule has 0 saturated carbocycles. The zero-order valence-corrected chi connectivity index (χ0v) is 16.4. The van der Waals surface area contributed by atoms with E-state index in [1.807, 2.05) is 0 Å². The fourth-order valence-corrected chi connectivity index (χ4v) is 3.96. The minimum atomic E-state index is -3.77. The smallest absolute Gasteiger partial charge is 0.261 e. The summed E-state index contributed by atoms with van der Waals surface area (Å²) in [6, 6.07) is 10.6. The number of halogens is 1. The SMILES string of the molecule is COc1ccc(NS(=O)(=O)c2ccc(OCc3nnc(N)s3)cc2)cc1Cl. The van der Waals surface area contributed by atoms with Crippen molar-refractivity contribution in [1.29, 1.82) is 0 Å². The second-order valence-corrected chi connectivity index (χ2v) is 8.43. The molecule has 0 aliphatic heterocycles. The first-order valence-electron chi connectivity index (χ1n) is 7.54. The lowest BCUT2D eigenvalue weighted by molar-refractivity contribution is 0.304. The van der Waals surface area contributed by atoms with E-state index in [0.717, 1.165) is 0 Å². The van der Waals surface area contributed by atoms with Gasteiger partial charge in [0.25, 0.3) is 10.0 Å². The molecule has 0 unspecified atom stereocenters. The Morgan fingerprint density at radius 1 is 1.19 bits per heavy atom. The molecule has 0 atom stereocenters. The van der Waals surface area contributed by atoms with E-state index in [1.165, 1.54) is 36.6 Å². The number of hydrogen-bond donors (Lipinski definition) is 2. The Hall–Kier alpha value is -2.56. The highest BCUT2D eigenvalue weighted by Crippen LogP contribution is 2.28. The molecule has 0 aliphatic carbocycles.